The molecule has 0 spiro atoms. The molecule has 0 amide bonds. The van der Waals surface area contributed by atoms with Crippen molar-refractivity contribution in [2.45, 2.75) is 40.2 Å². The third-order valence-corrected chi connectivity index (χ3v) is 4.63. The van der Waals surface area contributed by atoms with Gasteiger partial charge in [0.05, 0.1) is 24.2 Å². The molecule has 1 aliphatic heterocycles. The SMILES string of the molecule is Cc1[nH]c2c(C)ccc(C)c2c(=O)c1C[NH+]1CCCC1. The van der Waals surface area contributed by atoms with E-state index in [1.807, 2.05) is 13.8 Å². The van der Waals surface area contributed by atoms with Gasteiger partial charge in [-0.3, -0.25) is 4.79 Å². The molecule has 0 unspecified atom stereocenters. The fourth-order valence-corrected chi connectivity index (χ4v) is 3.36. The van der Waals surface area contributed by atoms with E-state index in [-0.39, 0.29) is 5.43 Å². The summed E-state index contributed by atoms with van der Waals surface area (Å²) < 4.78 is 0. The van der Waals surface area contributed by atoms with Crippen LogP contribution >= 0.6 is 0 Å². The van der Waals surface area contributed by atoms with Gasteiger partial charge in [0.25, 0.3) is 0 Å². The van der Waals surface area contributed by atoms with E-state index >= 15 is 0 Å². The monoisotopic (exact) mass is 271 g/mol. The van der Waals surface area contributed by atoms with Crippen LogP contribution in [0.4, 0.5) is 0 Å². The van der Waals surface area contributed by atoms with Crippen LogP contribution < -0.4 is 10.3 Å². The lowest BCUT2D eigenvalue weighted by Crippen LogP contribution is -3.08. The number of H-pyrrole nitrogens is 1. The van der Waals surface area contributed by atoms with Crippen LogP contribution in [0.25, 0.3) is 10.9 Å². The summed E-state index contributed by atoms with van der Waals surface area (Å²) in [5, 5.41) is 0.879. The van der Waals surface area contributed by atoms with E-state index in [2.05, 4.69) is 24.0 Å². The lowest BCUT2D eigenvalue weighted by atomic mass is 10.0. The van der Waals surface area contributed by atoms with Gasteiger partial charge in [0.1, 0.15) is 6.54 Å². The molecule has 3 heteroatoms. The number of pyridine rings is 1. The van der Waals surface area contributed by atoms with Gasteiger partial charge >= 0.3 is 0 Å². The van der Waals surface area contributed by atoms with Crippen LogP contribution in [-0.4, -0.2) is 18.1 Å². The van der Waals surface area contributed by atoms with Crippen LogP contribution in [-0.2, 0) is 6.54 Å². The number of hydrogen-bond acceptors (Lipinski definition) is 1. The molecule has 3 rings (SSSR count). The highest BCUT2D eigenvalue weighted by molar-refractivity contribution is 5.85. The van der Waals surface area contributed by atoms with Gasteiger partial charge in [-0.2, -0.15) is 0 Å². The fourth-order valence-electron chi connectivity index (χ4n) is 3.36. The molecule has 1 aromatic heterocycles. The van der Waals surface area contributed by atoms with Crippen molar-refractivity contribution in [3.05, 3.63) is 44.7 Å². The number of rotatable bonds is 2. The Labute approximate surface area is 119 Å². The Bertz CT molecular complexity index is 709. The molecule has 1 fully saturated rings. The number of nitrogens with one attached hydrogen (secondary N) is 2. The minimum atomic E-state index is 0.233. The van der Waals surface area contributed by atoms with E-state index in [0.717, 1.165) is 39.8 Å². The first-order chi connectivity index (χ1) is 9.58. The van der Waals surface area contributed by atoms with Crippen LogP contribution in [0.5, 0.6) is 0 Å². The Balaban J connectivity index is 2.18. The number of fused-ring (bicyclic) bond motifs is 1. The first-order valence-electron chi connectivity index (χ1n) is 7.53. The standard InChI is InChI=1S/C17H22N2O/c1-11-6-7-12(2)16-15(11)17(20)14(13(3)18-16)10-19-8-4-5-9-19/h6-7H,4-5,8-10H2,1-3H3,(H,18,20)/p+1. The minimum absolute atomic E-state index is 0.233. The largest absolute Gasteiger partial charge is 0.358 e. The number of aromatic amines is 1. The van der Waals surface area contributed by atoms with Crippen LogP contribution in [0.2, 0.25) is 0 Å². The maximum atomic E-state index is 12.9. The average molecular weight is 271 g/mol. The average Bonchev–Trinajstić information content (AvgIpc) is 2.91. The maximum absolute atomic E-state index is 12.9. The van der Waals surface area contributed by atoms with E-state index in [9.17, 15) is 4.79 Å². The van der Waals surface area contributed by atoms with Gasteiger partial charge in [-0.05, 0) is 31.9 Å². The highest BCUT2D eigenvalue weighted by Crippen LogP contribution is 2.18. The number of hydrogen-bond donors (Lipinski definition) is 2. The Kier molecular flexibility index (Phi) is 3.38. The predicted molar refractivity (Wildman–Crippen MR) is 82.4 cm³/mol. The summed E-state index contributed by atoms with van der Waals surface area (Å²) in [6, 6.07) is 4.13. The summed E-state index contributed by atoms with van der Waals surface area (Å²) in [6.07, 6.45) is 2.58. The summed E-state index contributed by atoms with van der Waals surface area (Å²) in [5.74, 6) is 0. The Hall–Kier alpha value is -1.61. The molecular formula is C17H23N2O+. The fraction of sp³-hybridized carbons (Fsp3) is 0.471. The molecular weight excluding hydrogens is 248 g/mol. The molecule has 0 aliphatic carbocycles. The second-order valence-corrected chi connectivity index (χ2v) is 6.14. The van der Waals surface area contributed by atoms with Gasteiger partial charge in [-0.15, -0.1) is 0 Å². The number of aromatic nitrogens is 1. The number of likely N-dealkylation sites (tertiary alicyclic amines) is 1. The van der Waals surface area contributed by atoms with Gasteiger partial charge in [0.15, 0.2) is 5.43 Å². The van der Waals surface area contributed by atoms with Gasteiger partial charge < -0.3 is 9.88 Å². The van der Waals surface area contributed by atoms with Crippen molar-refractivity contribution in [3.8, 4) is 0 Å². The summed E-state index contributed by atoms with van der Waals surface area (Å²) >= 11 is 0. The third-order valence-electron chi connectivity index (χ3n) is 4.63. The molecule has 20 heavy (non-hydrogen) atoms. The van der Waals surface area contributed by atoms with E-state index in [4.69, 9.17) is 0 Å². The van der Waals surface area contributed by atoms with Gasteiger partial charge in [-0.25, -0.2) is 0 Å². The predicted octanol–water partition coefficient (Wildman–Crippen LogP) is 1.63. The van der Waals surface area contributed by atoms with E-state index in [1.165, 1.54) is 25.9 Å². The molecule has 0 radical (unpaired) electrons. The molecule has 3 nitrogen and oxygen atoms in total. The van der Waals surface area contributed by atoms with Gasteiger partial charge in [0, 0.05) is 23.9 Å². The molecule has 2 aromatic rings. The molecule has 2 heterocycles. The zero-order chi connectivity index (χ0) is 14.3. The van der Waals surface area contributed by atoms with Gasteiger partial charge in [-0.1, -0.05) is 12.1 Å². The highest BCUT2D eigenvalue weighted by Gasteiger charge is 2.20. The molecule has 1 aromatic carbocycles. The number of aryl methyl sites for hydroxylation is 3. The second-order valence-electron chi connectivity index (χ2n) is 6.14. The molecule has 0 atom stereocenters. The van der Waals surface area contributed by atoms with Crippen LogP contribution in [0.15, 0.2) is 16.9 Å². The summed E-state index contributed by atoms with van der Waals surface area (Å²) in [4.78, 5) is 17.9. The topological polar surface area (TPSA) is 37.3 Å². The molecule has 1 aliphatic rings. The van der Waals surface area contributed by atoms with Crippen molar-refractivity contribution in [2.75, 3.05) is 13.1 Å². The minimum Gasteiger partial charge on any atom is -0.358 e. The molecule has 2 N–H and O–H groups in total. The van der Waals surface area contributed by atoms with Crippen molar-refractivity contribution in [2.24, 2.45) is 0 Å². The Morgan fingerprint density at radius 3 is 2.45 bits per heavy atom. The number of benzene rings is 1. The van der Waals surface area contributed by atoms with Crippen molar-refractivity contribution < 1.29 is 4.90 Å². The molecule has 106 valence electrons. The second kappa shape index (κ2) is 5.06. The van der Waals surface area contributed by atoms with E-state index in [1.54, 1.807) is 4.90 Å². The van der Waals surface area contributed by atoms with Crippen LogP contribution in [0.1, 0.15) is 35.2 Å². The van der Waals surface area contributed by atoms with Crippen molar-refractivity contribution in [1.82, 2.24) is 4.98 Å². The van der Waals surface area contributed by atoms with Gasteiger partial charge in [0.2, 0.25) is 0 Å². The zero-order valence-electron chi connectivity index (χ0n) is 12.6. The summed E-state index contributed by atoms with van der Waals surface area (Å²) in [7, 11) is 0. The summed E-state index contributed by atoms with van der Waals surface area (Å²) in [6.45, 7) is 9.38. The smallest absolute Gasteiger partial charge is 0.198 e. The third kappa shape index (κ3) is 2.16. The van der Waals surface area contributed by atoms with Crippen molar-refractivity contribution >= 4 is 10.9 Å². The molecule has 0 bridgehead atoms. The van der Waals surface area contributed by atoms with E-state index in [0.29, 0.717) is 0 Å². The first kappa shape index (κ1) is 13.4. The zero-order valence-corrected chi connectivity index (χ0v) is 12.6. The first-order valence-corrected chi connectivity index (χ1v) is 7.53. The number of quaternary nitrogens is 1. The lowest BCUT2D eigenvalue weighted by Gasteiger charge is -2.15. The summed E-state index contributed by atoms with van der Waals surface area (Å²) in [5.41, 5.74) is 5.47. The Morgan fingerprint density at radius 1 is 1.10 bits per heavy atom. The lowest BCUT2D eigenvalue weighted by molar-refractivity contribution is -0.901. The highest BCUT2D eigenvalue weighted by atomic mass is 16.1. The van der Waals surface area contributed by atoms with Crippen LogP contribution in [0.3, 0.4) is 0 Å². The van der Waals surface area contributed by atoms with E-state index < -0.39 is 0 Å². The normalized spacial score (nSPS) is 16.1. The molecule has 1 saturated heterocycles. The van der Waals surface area contributed by atoms with Crippen molar-refractivity contribution in [1.29, 1.82) is 0 Å². The van der Waals surface area contributed by atoms with Crippen LogP contribution in [0, 0.1) is 20.8 Å². The Morgan fingerprint density at radius 2 is 1.75 bits per heavy atom. The maximum Gasteiger partial charge on any atom is 0.198 e. The quantitative estimate of drug-likeness (QED) is 0.856. The molecule has 0 saturated carbocycles. The van der Waals surface area contributed by atoms with Crippen molar-refractivity contribution in [3.63, 3.8) is 0 Å².